The van der Waals surface area contributed by atoms with E-state index < -0.39 is 11.4 Å². The Morgan fingerprint density at radius 3 is 2.67 bits per heavy atom. The molecule has 3 rings (SSSR count). The number of benzene rings is 1. The van der Waals surface area contributed by atoms with E-state index in [0.717, 1.165) is 17.3 Å². The molecule has 1 aliphatic carbocycles. The molecule has 6 heteroatoms. The molecular formula is C15H17BrN2O3. The number of carbonyl (C=O) groups is 2. The normalized spacial score (nSPS) is 27.5. The quantitative estimate of drug-likeness (QED) is 0.858. The van der Waals surface area contributed by atoms with Crippen molar-refractivity contribution in [3.8, 4) is 0 Å². The van der Waals surface area contributed by atoms with Crippen LogP contribution in [0.15, 0.2) is 28.7 Å². The molecule has 1 saturated carbocycles. The average molecular weight is 353 g/mol. The monoisotopic (exact) mass is 352 g/mol. The SMILES string of the molecule is O=C(Nc1ccc(Br)cc1)N1C[C@@H]2CCC[C@@]2(C(=O)O)C1. The van der Waals surface area contributed by atoms with Gasteiger partial charge in [0.25, 0.3) is 0 Å². The van der Waals surface area contributed by atoms with Gasteiger partial charge in [-0.1, -0.05) is 22.4 Å². The van der Waals surface area contributed by atoms with Crippen LogP contribution in [0.2, 0.25) is 0 Å². The van der Waals surface area contributed by atoms with Gasteiger partial charge in [-0.25, -0.2) is 4.79 Å². The molecule has 2 amide bonds. The highest BCUT2D eigenvalue weighted by molar-refractivity contribution is 9.10. The molecule has 2 N–H and O–H groups in total. The highest BCUT2D eigenvalue weighted by atomic mass is 79.9. The zero-order chi connectivity index (χ0) is 15.0. The van der Waals surface area contributed by atoms with E-state index in [0.29, 0.717) is 25.2 Å². The van der Waals surface area contributed by atoms with E-state index in [4.69, 9.17) is 0 Å². The molecule has 21 heavy (non-hydrogen) atoms. The lowest BCUT2D eigenvalue weighted by Crippen LogP contribution is -2.38. The molecule has 1 aromatic rings. The van der Waals surface area contributed by atoms with Gasteiger partial charge in [0.2, 0.25) is 0 Å². The number of aliphatic carboxylic acids is 1. The topological polar surface area (TPSA) is 69.6 Å². The number of hydrogen-bond donors (Lipinski definition) is 2. The molecule has 0 radical (unpaired) electrons. The molecule has 0 bridgehead atoms. The Kier molecular flexibility index (Phi) is 3.65. The number of nitrogens with zero attached hydrogens (tertiary/aromatic N) is 1. The van der Waals surface area contributed by atoms with E-state index in [-0.39, 0.29) is 11.9 Å². The predicted molar refractivity (Wildman–Crippen MR) is 82.1 cm³/mol. The summed E-state index contributed by atoms with van der Waals surface area (Å²) < 4.78 is 0.945. The number of nitrogens with one attached hydrogen (secondary N) is 1. The highest BCUT2D eigenvalue weighted by Gasteiger charge is 2.55. The van der Waals surface area contributed by atoms with E-state index in [1.807, 2.05) is 24.3 Å². The molecule has 1 aromatic carbocycles. The third kappa shape index (κ3) is 2.52. The summed E-state index contributed by atoms with van der Waals surface area (Å²) >= 11 is 3.35. The summed E-state index contributed by atoms with van der Waals surface area (Å²) in [4.78, 5) is 25.6. The van der Waals surface area contributed by atoms with E-state index >= 15 is 0 Å². The largest absolute Gasteiger partial charge is 0.481 e. The maximum Gasteiger partial charge on any atom is 0.321 e. The maximum absolute atomic E-state index is 12.3. The number of hydrogen-bond acceptors (Lipinski definition) is 2. The van der Waals surface area contributed by atoms with Gasteiger partial charge in [-0.3, -0.25) is 4.79 Å². The zero-order valence-corrected chi connectivity index (χ0v) is 13.1. The van der Waals surface area contributed by atoms with Crippen LogP contribution in [0.1, 0.15) is 19.3 Å². The Bertz CT molecular complexity index is 575. The van der Waals surface area contributed by atoms with Crippen LogP contribution in [0, 0.1) is 11.3 Å². The van der Waals surface area contributed by atoms with Gasteiger partial charge in [0, 0.05) is 23.2 Å². The second-order valence-electron chi connectivity index (χ2n) is 5.87. The fourth-order valence-corrected chi connectivity index (χ4v) is 3.79. The molecule has 112 valence electrons. The number of likely N-dealkylation sites (tertiary alicyclic amines) is 1. The summed E-state index contributed by atoms with van der Waals surface area (Å²) in [6.07, 6.45) is 2.52. The molecule has 2 atom stereocenters. The predicted octanol–water partition coefficient (Wildman–Crippen LogP) is 3.17. The van der Waals surface area contributed by atoms with E-state index in [9.17, 15) is 14.7 Å². The minimum atomic E-state index is -0.760. The Balaban J connectivity index is 1.70. The molecule has 1 saturated heterocycles. The number of fused-ring (bicyclic) bond motifs is 1. The fourth-order valence-electron chi connectivity index (χ4n) is 3.53. The first-order valence-electron chi connectivity index (χ1n) is 7.06. The zero-order valence-electron chi connectivity index (χ0n) is 11.5. The second kappa shape index (κ2) is 5.33. The molecule has 1 heterocycles. The first kappa shape index (κ1) is 14.4. The van der Waals surface area contributed by atoms with Crippen molar-refractivity contribution in [1.29, 1.82) is 0 Å². The van der Waals surface area contributed by atoms with Gasteiger partial charge in [0.05, 0.1) is 5.41 Å². The molecule has 2 fully saturated rings. The van der Waals surface area contributed by atoms with Crippen molar-refractivity contribution in [3.05, 3.63) is 28.7 Å². The van der Waals surface area contributed by atoms with Crippen LogP contribution in [0.5, 0.6) is 0 Å². The van der Waals surface area contributed by atoms with Crippen LogP contribution >= 0.6 is 15.9 Å². The summed E-state index contributed by atoms with van der Waals surface area (Å²) in [5, 5.41) is 12.4. The number of halogens is 1. The Morgan fingerprint density at radius 1 is 1.33 bits per heavy atom. The summed E-state index contributed by atoms with van der Waals surface area (Å²) in [5.74, 6) is -0.672. The minimum absolute atomic E-state index is 0.0886. The standard InChI is InChI=1S/C15H17BrN2O3/c16-11-3-5-12(6-4-11)17-14(21)18-8-10-2-1-7-15(10,9-18)13(19)20/h3-6,10H,1-2,7-9H2,(H,17,21)(H,19,20)/t10-,15+/m0/s1. The third-order valence-electron chi connectivity index (χ3n) is 4.68. The number of amides is 2. The van der Waals surface area contributed by atoms with E-state index in [1.165, 1.54) is 0 Å². The van der Waals surface area contributed by atoms with Gasteiger partial charge in [0.15, 0.2) is 0 Å². The third-order valence-corrected chi connectivity index (χ3v) is 5.21. The number of carbonyl (C=O) groups excluding carboxylic acids is 1. The van der Waals surface area contributed by atoms with Crippen molar-refractivity contribution in [3.63, 3.8) is 0 Å². The number of rotatable bonds is 2. The van der Waals surface area contributed by atoms with Crippen molar-refractivity contribution in [2.24, 2.45) is 11.3 Å². The van der Waals surface area contributed by atoms with Gasteiger partial charge in [-0.15, -0.1) is 0 Å². The van der Waals surface area contributed by atoms with E-state index in [1.54, 1.807) is 4.90 Å². The number of urea groups is 1. The van der Waals surface area contributed by atoms with Gasteiger partial charge >= 0.3 is 12.0 Å². The average Bonchev–Trinajstić information content (AvgIpc) is 2.99. The minimum Gasteiger partial charge on any atom is -0.481 e. The molecule has 0 aromatic heterocycles. The number of carboxylic acids is 1. The highest BCUT2D eigenvalue weighted by Crippen LogP contribution is 2.48. The van der Waals surface area contributed by atoms with Crippen molar-refractivity contribution in [2.45, 2.75) is 19.3 Å². The van der Waals surface area contributed by atoms with Crippen molar-refractivity contribution in [2.75, 3.05) is 18.4 Å². The number of anilines is 1. The lowest BCUT2D eigenvalue weighted by molar-refractivity contribution is -0.149. The molecule has 2 aliphatic rings. The smallest absolute Gasteiger partial charge is 0.321 e. The summed E-state index contributed by atoms with van der Waals surface area (Å²) in [5.41, 5.74) is -0.0125. The van der Waals surface area contributed by atoms with Gasteiger partial charge in [0.1, 0.15) is 0 Å². The lowest BCUT2D eigenvalue weighted by Gasteiger charge is -2.23. The van der Waals surface area contributed by atoms with Crippen LogP contribution in [-0.4, -0.2) is 35.1 Å². The summed E-state index contributed by atoms with van der Waals surface area (Å²) in [6.45, 7) is 0.851. The second-order valence-corrected chi connectivity index (χ2v) is 6.78. The molecule has 0 spiro atoms. The molecule has 5 nitrogen and oxygen atoms in total. The Morgan fingerprint density at radius 2 is 2.05 bits per heavy atom. The van der Waals surface area contributed by atoms with E-state index in [2.05, 4.69) is 21.2 Å². The lowest BCUT2D eigenvalue weighted by atomic mass is 9.81. The first-order chi connectivity index (χ1) is 10.0. The molecule has 0 unspecified atom stereocenters. The number of carboxylic acid groups (broad SMARTS) is 1. The van der Waals surface area contributed by atoms with Crippen LogP contribution < -0.4 is 5.32 Å². The Labute approximate surface area is 131 Å². The van der Waals surface area contributed by atoms with Crippen LogP contribution in [0.4, 0.5) is 10.5 Å². The summed E-state index contributed by atoms with van der Waals surface area (Å²) in [6, 6.07) is 7.12. The van der Waals surface area contributed by atoms with Crippen LogP contribution in [-0.2, 0) is 4.79 Å². The molecule has 1 aliphatic heterocycles. The van der Waals surface area contributed by atoms with Crippen LogP contribution in [0.25, 0.3) is 0 Å². The molecular weight excluding hydrogens is 336 g/mol. The van der Waals surface area contributed by atoms with Crippen molar-refractivity contribution in [1.82, 2.24) is 4.90 Å². The van der Waals surface area contributed by atoms with Crippen LogP contribution in [0.3, 0.4) is 0 Å². The fraction of sp³-hybridized carbons (Fsp3) is 0.467. The van der Waals surface area contributed by atoms with Gasteiger partial charge < -0.3 is 15.3 Å². The Hall–Kier alpha value is -1.56. The summed E-state index contributed by atoms with van der Waals surface area (Å²) in [7, 11) is 0. The van der Waals surface area contributed by atoms with Gasteiger partial charge in [-0.2, -0.15) is 0 Å². The van der Waals surface area contributed by atoms with Gasteiger partial charge in [-0.05, 0) is 43.0 Å². The maximum atomic E-state index is 12.3. The van der Waals surface area contributed by atoms with Crippen molar-refractivity contribution < 1.29 is 14.7 Å². The van der Waals surface area contributed by atoms with Crippen molar-refractivity contribution >= 4 is 33.6 Å². The first-order valence-corrected chi connectivity index (χ1v) is 7.85.